The average Bonchev–Trinajstić information content (AvgIpc) is 3.00. The molecule has 15 heavy (non-hydrogen) atoms. The number of carboxylic acids is 1. The predicted octanol–water partition coefficient (Wildman–Crippen LogP) is 0.960. The Bertz CT molecular complexity index is 240. The summed E-state index contributed by atoms with van der Waals surface area (Å²) in [6, 6.07) is 0.602. The molecule has 0 aromatic carbocycles. The molecule has 2 fully saturated rings. The zero-order valence-electron chi connectivity index (χ0n) is 9.19. The maximum atomic E-state index is 10.7. The van der Waals surface area contributed by atoms with E-state index in [9.17, 15) is 4.79 Å². The second-order valence-corrected chi connectivity index (χ2v) is 4.64. The van der Waals surface area contributed by atoms with E-state index in [0.29, 0.717) is 12.6 Å². The number of rotatable bonds is 4. The molecule has 0 radical (unpaired) electrons. The first-order chi connectivity index (χ1) is 7.18. The van der Waals surface area contributed by atoms with Crippen molar-refractivity contribution in [1.29, 1.82) is 0 Å². The van der Waals surface area contributed by atoms with Crippen molar-refractivity contribution in [3.63, 3.8) is 0 Å². The van der Waals surface area contributed by atoms with Gasteiger partial charge in [-0.2, -0.15) is 0 Å². The largest absolute Gasteiger partial charge is 0.481 e. The Balaban J connectivity index is 1.94. The van der Waals surface area contributed by atoms with Crippen molar-refractivity contribution in [1.82, 2.24) is 4.90 Å². The Morgan fingerprint density at radius 3 is 2.93 bits per heavy atom. The lowest BCUT2D eigenvalue weighted by atomic mass is 10.1. The van der Waals surface area contributed by atoms with Crippen molar-refractivity contribution in [3.8, 4) is 0 Å². The molecule has 1 heterocycles. The summed E-state index contributed by atoms with van der Waals surface area (Å²) in [4.78, 5) is 13.1. The Morgan fingerprint density at radius 2 is 2.33 bits per heavy atom. The molecule has 0 amide bonds. The lowest BCUT2D eigenvalue weighted by Gasteiger charge is -2.39. The molecule has 1 saturated heterocycles. The zero-order valence-corrected chi connectivity index (χ0v) is 9.19. The van der Waals surface area contributed by atoms with Crippen LogP contribution in [0, 0.1) is 5.92 Å². The van der Waals surface area contributed by atoms with Gasteiger partial charge < -0.3 is 9.84 Å². The highest BCUT2D eigenvalue weighted by Gasteiger charge is 2.36. The highest BCUT2D eigenvalue weighted by atomic mass is 16.5. The third-order valence-electron chi connectivity index (χ3n) is 3.51. The standard InChI is InChI=1S/C11H19NO3/c1-8(9-2-3-9)12-4-5-15-7-10(12)6-11(13)14/h8-10H,2-7H2,1H3,(H,13,14). The van der Waals surface area contributed by atoms with Crippen LogP contribution in [0.5, 0.6) is 0 Å². The van der Waals surface area contributed by atoms with Gasteiger partial charge in [-0.3, -0.25) is 9.69 Å². The minimum atomic E-state index is -0.724. The molecule has 2 rings (SSSR count). The van der Waals surface area contributed by atoms with Crippen LogP contribution in [0.2, 0.25) is 0 Å². The third-order valence-corrected chi connectivity index (χ3v) is 3.51. The molecular formula is C11H19NO3. The summed E-state index contributed by atoms with van der Waals surface area (Å²) in [6.45, 7) is 4.42. The summed E-state index contributed by atoms with van der Waals surface area (Å²) < 4.78 is 5.36. The molecule has 1 aliphatic heterocycles. The summed E-state index contributed by atoms with van der Waals surface area (Å²) in [6.07, 6.45) is 2.81. The van der Waals surface area contributed by atoms with E-state index >= 15 is 0 Å². The lowest BCUT2D eigenvalue weighted by molar-refractivity contribution is -0.140. The molecule has 1 saturated carbocycles. The first-order valence-electron chi connectivity index (χ1n) is 5.73. The van der Waals surface area contributed by atoms with Crippen LogP contribution >= 0.6 is 0 Å². The van der Waals surface area contributed by atoms with Gasteiger partial charge in [-0.25, -0.2) is 0 Å². The van der Waals surface area contributed by atoms with Crippen molar-refractivity contribution in [2.75, 3.05) is 19.8 Å². The second-order valence-electron chi connectivity index (χ2n) is 4.64. The summed E-state index contributed by atoms with van der Waals surface area (Å²) in [7, 11) is 0. The number of nitrogens with zero attached hydrogens (tertiary/aromatic N) is 1. The zero-order chi connectivity index (χ0) is 10.8. The van der Waals surface area contributed by atoms with Gasteiger partial charge in [0.25, 0.3) is 0 Å². The first kappa shape index (κ1) is 10.9. The van der Waals surface area contributed by atoms with Crippen LogP contribution in [0.1, 0.15) is 26.2 Å². The molecule has 0 bridgehead atoms. The van der Waals surface area contributed by atoms with Crippen molar-refractivity contribution >= 4 is 5.97 Å². The smallest absolute Gasteiger partial charge is 0.305 e. The lowest BCUT2D eigenvalue weighted by Crippen LogP contribution is -2.51. The number of ether oxygens (including phenoxy) is 1. The first-order valence-corrected chi connectivity index (χ1v) is 5.73. The van der Waals surface area contributed by atoms with E-state index in [1.54, 1.807) is 0 Å². The minimum Gasteiger partial charge on any atom is -0.481 e. The number of morpholine rings is 1. The molecule has 0 aromatic rings. The van der Waals surface area contributed by atoms with E-state index < -0.39 is 5.97 Å². The number of aliphatic carboxylic acids is 1. The quantitative estimate of drug-likeness (QED) is 0.755. The van der Waals surface area contributed by atoms with Gasteiger partial charge in [-0.15, -0.1) is 0 Å². The summed E-state index contributed by atoms with van der Waals surface area (Å²) >= 11 is 0. The number of hydrogen-bond donors (Lipinski definition) is 1. The minimum absolute atomic E-state index is 0.0758. The van der Waals surface area contributed by atoms with E-state index in [4.69, 9.17) is 9.84 Å². The Morgan fingerprint density at radius 1 is 1.60 bits per heavy atom. The van der Waals surface area contributed by atoms with Crippen LogP contribution < -0.4 is 0 Å². The van der Waals surface area contributed by atoms with Crippen LogP contribution in [0.25, 0.3) is 0 Å². The fourth-order valence-electron chi connectivity index (χ4n) is 2.43. The van der Waals surface area contributed by atoms with Gasteiger partial charge in [0.1, 0.15) is 0 Å². The fraction of sp³-hybridized carbons (Fsp3) is 0.909. The van der Waals surface area contributed by atoms with Gasteiger partial charge in [-0.05, 0) is 25.7 Å². The molecule has 2 atom stereocenters. The van der Waals surface area contributed by atoms with E-state index in [-0.39, 0.29) is 12.5 Å². The topological polar surface area (TPSA) is 49.8 Å². The molecule has 4 heteroatoms. The molecule has 86 valence electrons. The van der Waals surface area contributed by atoms with E-state index in [0.717, 1.165) is 19.1 Å². The summed E-state index contributed by atoms with van der Waals surface area (Å²) in [5.41, 5.74) is 0. The molecule has 0 spiro atoms. The summed E-state index contributed by atoms with van der Waals surface area (Å²) in [5, 5.41) is 8.84. The Kier molecular flexibility index (Phi) is 3.26. The molecule has 4 nitrogen and oxygen atoms in total. The SMILES string of the molecule is CC(C1CC1)N1CCOCC1CC(=O)O. The Labute approximate surface area is 90.2 Å². The molecule has 1 N–H and O–H groups in total. The highest BCUT2D eigenvalue weighted by Crippen LogP contribution is 2.36. The maximum Gasteiger partial charge on any atom is 0.305 e. The van der Waals surface area contributed by atoms with Crippen LogP contribution in [0.15, 0.2) is 0 Å². The normalized spacial score (nSPS) is 30.1. The monoisotopic (exact) mass is 213 g/mol. The molecule has 0 aromatic heterocycles. The van der Waals surface area contributed by atoms with E-state index in [2.05, 4.69) is 11.8 Å². The third kappa shape index (κ3) is 2.69. The van der Waals surface area contributed by atoms with Crippen molar-refractivity contribution in [3.05, 3.63) is 0 Å². The predicted molar refractivity (Wildman–Crippen MR) is 55.8 cm³/mol. The van der Waals surface area contributed by atoms with Crippen LogP contribution in [-0.4, -0.2) is 47.8 Å². The van der Waals surface area contributed by atoms with Gasteiger partial charge in [0.15, 0.2) is 0 Å². The van der Waals surface area contributed by atoms with Crippen molar-refractivity contribution in [2.45, 2.75) is 38.3 Å². The Hall–Kier alpha value is -0.610. The molecule has 1 aliphatic carbocycles. The maximum absolute atomic E-state index is 10.7. The summed E-state index contributed by atoms with van der Waals surface area (Å²) in [5.74, 6) is 0.0675. The van der Waals surface area contributed by atoms with Gasteiger partial charge in [-0.1, -0.05) is 0 Å². The number of carboxylic acid groups (broad SMARTS) is 1. The van der Waals surface area contributed by atoms with Gasteiger partial charge in [0.2, 0.25) is 0 Å². The van der Waals surface area contributed by atoms with Crippen LogP contribution in [0.3, 0.4) is 0 Å². The van der Waals surface area contributed by atoms with Crippen LogP contribution in [-0.2, 0) is 9.53 Å². The van der Waals surface area contributed by atoms with Gasteiger partial charge >= 0.3 is 5.97 Å². The van der Waals surface area contributed by atoms with E-state index in [1.807, 2.05) is 0 Å². The molecular weight excluding hydrogens is 194 g/mol. The molecule has 2 aliphatic rings. The average molecular weight is 213 g/mol. The highest BCUT2D eigenvalue weighted by molar-refractivity contribution is 5.67. The van der Waals surface area contributed by atoms with E-state index in [1.165, 1.54) is 12.8 Å². The number of carbonyl (C=O) groups is 1. The fourth-order valence-corrected chi connectivity index (χ4v) is 2.43. The second kappa shape index (κ2) is 4.49. The van der Waals surface area contributed by atoms with Crippen molar-refractivity contribution < 1.29 is 14.6 Å². The van der Waals surface area contributed by atoms with Gasteiger partial charge in [0, 0.05) is 18.6 Å². The van der Waals surface area contributed by atoms with Crippen LogP contribution in [0.4, 0.5) is 0 Å². The number of hydrogen-bond acceptors (Lipinski definition) is 3. The molecule has 2 unspecified atom stereocenters. The van der Waals surface area contributed by atoms with Crippen molar-refractivity contribution in [2.24, 2.45) is 5.92 Å². The van der Waals surface area contributed by atoms with Gasteiger partial charge in [0.05, 0.1) is 19.6 Å².